The van der Waals surface area contributed by atoms with Crippen LogP contribution in [0.25, 0.3) is 0 Å². The molecule has 2 atom stereocenters. The van der Waals surface area contributed by atoms with Gasteiger partial charge < -0.3 is 19.7 Å². The van der Waals surface area contributed by atoms with E-state index in [1.807, 2.05) is 12.1 Å². The van der Waals surface area contributed by atoms with Crippen molar-refractivity contribution in [1.29, 1.82) is 0 Å². The third-order valence-electron chi connectivity index (χ3n) is 5.30. The summed E-state index contributed by atoms with van der Waals surface area (Å²) in [6.07, 6.45) is 4.40. The van der Waals surface area contributed by atoms with Gasteiger partial charge in [0.25, 0.3) is 5.91 Å². The molecular formula is C18H22N2O4S. The van der Waals surface area contributed by atoms with Crippen molar-refractivity contribution in [3.05, 3.63) is 23.3 Å². The molecule has 1 aliphatic carbocycles. The van der Waals surface area contributed by atoms with Gasteiger partial charge in [0.1, 0.15) is 11.4 Å². The third-order valence-corrected chi connectivity index (χ3v) is 6.60. The van der Waals surface area contributed by atoms with Crippen molar-refractivity contribution in [2.75, 3.05) is 20.0 Å². The number of carbonyl (C=O) groups excluding carboxylic acids is 2. The number of rotatable bonds is 4. The van der Waals surface area contributed by atoms with Crippen LogP contribution in [-0.2, 0) is 4.79 Å². The van der Waals surface area contributed by atoms with E-state index >= 15 is 0 Å². The van der Waals surface area contributed by atoms with E-state index in [1.54, 1.807) is 23.8 Å². The van der Waals surface area contributed by atoms with E-state index in [2.05, 4.69) is 5.32 Å². The standard InChI is InChI=1S/C18H22N2O4S/c1-23-13-8-7-11-14(15(13)24-2)17(22)20-12(9-25-18(11)20)16(21)19-10-5-3-4-6-10/h7-8,10,12,18H,3-6,9H2,1-2H3,(H,19,21). The van der Waals surface area contributed by atoms with Crippen molar-refractivity contribution in [1.82, 2.24) is 10.2 Å². The molecule has 25 heavy (non-hydrogen) atoms. The summed E-state index contributed by atoms with van der Waals surface area (Å²) in [4.78, 5) is 27.5. The van der Waals surface area contributed by atoms with Crippen LogP contribution >= 0.6 is 11.8 Å². The Morgan fingerprint density at radius 1 is 1.24 bits per heavy atom. The molecule has 2 amide bonds. The lowest BCUT2D eigenvalue weighted by Gasteiger charge is -2.24. The number of thioether (sulfide) groups is 1. The van der Waals surface area contributed by atoms with Gasteiger partial charge in [0.05, 0.1) is 19.8 Å². The van der Waals surface area contributed by atoms with E-state index in [0.717, 1.165) is 31.2 Å². The van der Waals surface area contributed by atoms with E-state index < -0.39 is 6.04 Å². The lowest BCUT2D eigenvalue weighted by atomic mass is 10.1. The molecule has 1 saturated heterocycles. The Kier molecular flexibility index (Phi) is 4.27. The second-order valence-corrected chi connectivity index (χ2v) is 7.78. The SMILES string of the molecule is COc1ccc2c(c1OC)C(=O)N1C(C(=O)NC3CCCC3)CSC21. The number of nitrogens with zero attached hydrogens (tertiary/aromatic N) is 1. The van der Waals surface area contributed by atoms with Gasteiger partial charge in [-0.15, -0.1) is 11.8 Å². The Balaban J connectivity index is 1.62. The van der Waals surface area contributed by atoms with Crippen LogP contribution in [0, 0.1) is 0 Å². The Morgan fingerprint density at radius 2 is 2.00 bits per heavy atom. The molecule has 134 valence electrons. The minimum absolute atomic E-state index is 0.0333. The highest BCUT2D eigenvalue weighted by Gasteiger charge is 2.50. The molecule has 0 spiro atoms. The lowest BCUT2D eigenvalue weighted by molar-refractivity contribution is -0.125. The molecule has 6 nitrogen and oxygen atoms in total. The number of amides is 2. The van der Waals surface area contributed by atoms with Gasteiger partial charge in [-0.05, 0) is 18.9 Å². The maximum Gasteiger partial charge on any atom is 0.260 e. The van der Waals surface area contributed by atoms with Crippen molar-refractivity contribution < 1.29 is 19.1 Å². The second-order valence-electron chi connectivity index (χ2n) is 6.67. The summed E-state index contributed by atoms with van der Waals surface area (Å²) in [5.74, 6) is 1.44. The summed E-state index contributed by atoms with van der Waals surface area (Å²) in [6.45, 7) is 0. The largest absolute Gasteiger partial charge is 0.493 e. The smallest absolute Gasteiger partial charge is 0.260 e. The minimum Gasteiger partial charge on any atom is -0.493 e. The lowest BCUT2D eigenvalue weighted by Crippen LogP contribution is -2.48. The minimum atomic E-state index is -0.425. The molecule has 0 aromatic heterocycles. The molecule has 2 aliphatic heterocycles. The predicted molar refractivity (Wildman–Crippen MR) is 95.1 cm³/mol. The fourth-order valence-corrected chi connectivity index (χ4v) is 5.52. The molecule has 7 heteroatoms. The summed E-state index contributed by atoms with van der Waals surface area (Å²) in [7, 11) is 3.09. The molecule has 3 aliphatic rings. The van der Waals surface area contributed by atoms with Crippen LogP contribution in [-0.4, -0.2) is 48.8 Å². The molecule has 0 bridgehead atoms. The van der Waals surface area contributed by atoms with Gasteiger partial charge in [-0.2, -0.15) is 0 Å². The Labute approximate surface area is 151 Å². The highest BCUT2D eigenvalue weighted by atomic mass is 32.2. The van der Waals surface area contributed by atoms with Crippen LogP contribution < -0.4 is 14.8 Å². The Morgan fingerprint density at radius 3 is 2.68 bits per heavy atom. The normalized spacial score (nSPS) is 25.0. The maximum atomic E-state index is 13.1. The quantitative estimate of drug-likeness (QED) is 0.890. The number of benzene rings is 1. The number of nitrogens with one attached hydrogen (secondary N) is 1. The second kappa shape index (κ2) is 6.44. The van der Waals surface area contributed by atoms with Gasteiger partial charge in [-0.3, -0.25) is 9.59 Å². The van der Waals surface area contributed by atoms with Crippen LogP contribution in [0.5, 0.6) is 11.5 Å². The van der Waals surface area contributed by atoms with Crippen molar-refractivity contribution >= 4 is 23.6 Å². The van der Waals surface area contributed by atoms with Crippen LogP contribution in [0.3, 0.4) is 0 Å². The first kappa shape index (κ1) is 16.6. The van der Waals surface area contributed by atoms with Gasteiger partial charge in [-0.1, -0.05) is 18.9 Å². The van der Waals surface area contributed by atoms with Crippen molar-refractivity contribution in [2.24, 2.45) is 0 Å². The van der Waals surface area contributed by atoms with E-state index in [1.165, 1.54) is 7.11 Å². The number of ether oxygens (including phenoxy) is 2. The third kappa shape index (κ3) is 2.56. The topological polar surface area (TPSA) is 67.9 Å². The first-order chi connectivity index (χ1) is 12.2. The van der Waals surface area contributed by atoms with Crippen molar-refractivity contribution in [3.8, 4) is 11.5 Å². The van der Waals surface area contributed by atoms with Crippen LogP contribution in [0.2, 0.25) is 0 Å². The zero-order valence-electron chi connectivity index (χ0n) is 14.4. The molecule has 2 fully saturated rings. The zero-order chi connectivity index (χ0) is 17.6. The van der Waals surface area contributed by atoms with Gasteiger partial charge >= 0.3 is 0 Å². The summed E-state index contributed by atoms with van der Waals surface area (Å²) >= 11 is 1.63. The fourth-order valence-electron chi connectivity index (χ4n) is 4.06. The molecule has 1 aromatic rings. The fraction of sp³-hybridized carbons (Fsp3) is 0.556. The first-order valence-electron chi connectivity index (χ1n) is 8.65. The molecule has 0 radical (unpaired) electrons. The molecule has 1 saturated carbocycles. The van der Waals surface area contributed by atoms with Gasteiger partial charge in [-0.25, -0.2) is 0 Å². The number of hydrogen-bond acceptors (Lipinski definition) is 5. The Bertz CT molecular complexity index is 717. The summed E-state index contributed by atoms with van der Waals surface area (Å²) in [5, 5.41) is 3.01. The van der Waals surface area contributed by atoms with E-state index in [-0.39, 0.29) is 23.2 Å². The van der Waals surface area contributed by atoms with Crippen molar-refractivity contribution in [2.45, 2.75) is 43.1 Å². The average molecular weight is 362 g/mol. The predicted octanol–water partition coefficient (Wildman–Crippen LogP) is 2.33. The number of fused-ring (bicyclic) bond motifs is 3. The number of carbonyl (C=O) groups is 2. The van der Waals surface area contributed by atoms with E-state index in [0.29, 0.717) is 22.8 Å². The maximum absolute atomic E-state index is 13.1. The molecule has 2 heterocycles. The van der Waals surface area contributed by atoms with Gasteiger partial charge in [0, 0.05) is 17.4 Å². The first-order valence-corrected chi connectivity index (χ1v) is 9.70. The van der Waals surface area contributed by atoms with Gasteiger partial charge in [0.2, 0.25) is 5.91 Å². The monoisotopic (exact) mass is 362 g/mol. The summed E-state index contributed by atoms with van der Waals surface area (Å²) < 4.78 is 10.7. The van der Waals surface area contributed by atoms with Crippen molar-refractivity contribution in [3.63, 3.8) is 0 Å². The van der Waals surface area contributed by atoms with Crippen LogP contribution in [0.15, 0.2) is 12.1 Å². The van der Waals surface area contributed by atoms with Crippen LogP contribution in [0.4, 0.5) is 0 Å². The van der Waals surface area contributed by atoms with E-state index in [4.69, 9.17) is 9.47 Å². The number of hydrogen-bond donors (Lipinski definition) is 1. The highest BCUT2D eigenvalue weighted by Crippen LogP contribution is 2.52. The van der Waals surface area contributed by atoms with E-state index in [9.17, 15) is 9.59 Å². The molecular weight excluding hydrogens is 340 g/mol. The molecule has 1 N–H and O–H groups in total. The van der Waals surface area contributed by atoms with Crippen LogP contribution in [0.1, 0.15) is 47.0 Å². The summed E-state index contributed by atoms with van der Waals surface area (Å²) in [5.41, 5.74) is 1.43. The highest BCUT2D eigenvalue weighted by molar-refractivity contribution is 7.99. The zero-order valence-corrected chi connectivity index (χ0v) is 15.2. The average Bonchev–Trinajstić information content (AvgIpc) is 3.33. The van der Waals surface area contributed by atoms with Gasteiger partial charge in [0.15, 0.2) is 11.5 Å². The summed E-state index contributed by atoms with van der Waals surface area (Å²) in [6, 6.07) is 3.56. The number of methoxy groups -OCH3 is 2. The Hall–Kier alpha value is -1.89. The molecule has 2 unspecified atom stereocenters. The molecule has 1 aromatic carbocycles. The molecule has 4 rings (SSSR count).